The number of ether oxygens (including phenoxy) is 1. The first-order valence-electron chi connectivity index (χ1n) is 9.36. The fourth-order valence-electron chi connectivity index (χ4n) is 3.96. The number of carbonyl (C=O) groups excluding carboxylic acids is 1. The Hall–Kier alpha value is -1.02. The van der Waals surface area contributed by atoms with Crippen LogP contribution in [0.25, 0.3) is 0 Å². The summed E-state index contributed by atoms with van der Waals surface area (Å²) in [6, 6.07) is 0.626. The van der Waals surface area contributed by atoms with E-state index in [0.717, 1.165) is 45.6 Å². The minimum Gasteiger partial charge on any atom is -0.383 e. The Kier molecular flexibility index (Phi) is 7.22. The largest absolute Gasteiger partial charge is 0.383 e. The zero-order valence-electron chi connectivity index (χ0n) is 15.2. The Morgan fingerprint density at radius 2 is 2.20 bits per heavy atom. The molecule has 0 bridgehead atoms. The molecule has 25 heavy (non-hydrogen) atoms. The zero-order chi connectivity index (χ0) is 17.5. The molecule has 1 aromatic heterocycles. The number of likely N-dealkylation sites (tertiary alicyclic amines) is 2. The van der Waals surface area contributed by atoms with Gasteiger partial charge in [-0.3, -0.25) is 14.6 Å². The molecule has 6 nitrogen and oxygen atoms in total. The standard InChI is InChI=1S/C18H30N4O2S/c1-24-10-6-19-18(23)15-3-2-7-22(11-15)17-4-8-21(9-5-17)12-16-13-25-14-20-16/h13-15,17H,2-12H2,1H3,(H,19,23)/t15-/m0/s1. The van der Waals surface area contributed by atoms with Gasteiger partial charge < -0.3 is 10.1 Å². The fourth-order valence-corrected chi connectivity index (χ4v) is 4.51. The van der Waals surface area contributed by atoms with Crippen LogP contribution in [0.1, 0.15) is 31.4 Å². The van der Waals surface area contributed by atoms with E-state index in [1.165, 1.54) is 18.5 Å². The van der Waals surface area contributed by atoms with E-state index in [9.17, 15) is 4.79 Å². The number of rotatable bonds is 7. The number of nitrogens with zero attached hydrogens (tertiary/aromatic N) is 3. The highest BCUT2D eigenvalue weighted by molar-refractivity contribution is 7.07. The quantitative estimate of drug-likeness (QED) is 0.743. The molecule has 3 rings (SSSR count). The van der Waals surface area contributed by atoms with Crippen molar-refractivity contribution in [3.8, 4) is 0 Å². The Labute approximate surface area is 154 Å². The lowest BCUT2D eigenvalue weighted by Crippen LogP contribution is -2.50. The average Bonchev–Trinajstić information content (AvgIpc) is 3.16. The van der Waals surface area contributed by atoms with Crippen LogP contribution in [0, 0.1) is 5.92 Å². The lowest BCUT2D eigenvalue weighted by molar-refractivity contribution is -0.127. The summed E-state index contributed by atoms with van der Waals surface area (Å²) in [4.78, 5) is 21.8. The molecule has 0 aromatic carbocycles. The molecule has 2 aliphatic rings. The summed E-state index contributed by atoms with van der Waals surface area (Å²) in [7, 11) is 1.66. The summed E-state index contributed by atoms with van der Waals surface area (Å²) < 4.78 is 5.01. The van der Waals surface area contributed by atoms with Crippen LogP contribution in [0.4, 0.5) is 0 Å². The summed E-state index contributed by atoms with van der Waals surface area (Å²) in [5.74, 6) is 0.335. The van der Waals surface area contributed by atoms with Gasteiger partial charge in [-0.15, -0.1) is 11.3 Å². The monoisotopic (exact) mass is 366 g/mol. The van der Waals surface area contributed by atoms with Gasteiger partial charge in [0.1, 0.15) is 0 Å². The third-order valence-corrected chi connectivity index (χ3v) is 6.01. The van der Waals surface area contributed by atoms with Gasteiger partial charge in [0.25, 0.3) is 0 Å². The van der Waals surface area contributed by atoms with Gasteiger partial charge in [-0.2, -0.15) is 0 Å². The van der Waals surface area contributed by atoms with Crippen LogP contribution in [0.2, 0.25) is 0 Å². The number of carbonyl (C=O) groups is 1. The summed E-state index contributed by atoms with van der Waals surface area (Å²) in [6.45, 7) is 6.47. The van der Waals surface area contributed by atoms with Gasteiger partial charge in [-0.25, -0.2) is 4.98 Å². The Bertz CT molecular complexity index is 517. The van der Waals surface area contributed by atoms with E-state index in [4.69, 9.17) is 4.74 Å². The molecular formula is C18H30N4O2S. The third kappa shape index (κ3) is 5.48. The maximum atomic E-state index is 12.3. The number of nitrogens with one attached hydrogen (secondary N) is 1. The van der Waals surface area contributed by atoms with Crippen molar-refractivity contribution in [2.45, 2.75) is 38.3 Å². The second kappa shape index (κ2) is 9.62. The van der Waals surface area contributed by atoms with Crippen molar-refractivity contribution in [2.24, 2.45) is 5.92 Å². The van der Waals surface area contributed by atoms with E-state index < -0.39 is 0 Å². The maximum absolute atomic E-state index is 12.3. The molecule has 1 N–H and O–H groups in total. The topological polar surface area (TPSA) is 57.7 Å². The smallest absolute Gasteiger partial charge is 0.224 e. The average molecular weight is 367 g/mol. The number of methoxy groups -OCH3 is 1. The minimum atomic E-state index is 0.138. The summed E-state index contributed by atoms with van der Waals surface area (Å²) in [6.07, 6.45) is 4.53. The van der Waals surface area contributed by atoms with Crippen molar-refractivity contribution in [1.29, 1.82) is 0 Å². The molecule has 7 heteroatoms. The van der Waals surface area contributed by atoms with Crippen LogP contribution < -0.4 is 5.32 Å². The molecule has 0 aliphatic carbocycles. The number of aromatic nitrogens is 1. The minimum absolute atomic E-state index is 0.138. The van der Waals surface area contributed by atoms with Crippen LogP contribution in [0.15, 0.2) is 10.9 Å². The number of hydrogen-bond acceptors (Lipinski definition) is 6. The Balaban J connectivity index is 1.42. The number of hydrogen-bond donors (Lipinski definition) is 1. The summed E-state index contributed by atoms with van der Waals surface area (Å²) in [5.41, 5.74) is 3.10. The normalized spacial score (nSPS) is 23.6. The van der Waals surface area contributed by atoms with Crippen LogP contribution >= 0.6 is 11.3 Å². The first-order valence-corrected chi connectivity index (χ1v) is 10.3. The van der Waals surface area contributed by atoms with Gasteiger partial charge in [-0.05, 0) is 32.2 Å². The van der Waals surface area contributed by atoms with E-state index in [-0.39, 0.29) is 11.8 Å². The van der Waals surface area contributed by atoms with E-state index in [1.54, 1.807) is 18.4 Å². The number of piperidine rings is 2. The summed E-state index contributed by atoms with van der Waals surface area (Å²) >= 11 is 1.67. The van der Waals surface area contributed by atoms with Crippen molar-refractivity contribution in [2.75, 3.05) is 46.4 Å². The maximum Gasteiger partial charge on any atom is 0.224 e. The van der Waals surface area contributed by atoms with Gasteiger partial charge in [0.15, 0.2) is 0 Å². The molecule has 2 aliphatic heterocycles. The highest BCUT2D eigenvalue weighted by Gasteiger charge is 2.31. The van der Waals surface area contributed by atoms with E-state index in [1.807, 2.05) is 5.51 Å². The number of amides is 1. The van der Waals surface area contributed by atoms with Gasteiger partial charge in [0, 0.05) is 51.3 Å². The zero-order valence-corrected chi connectivity index (χ0v) is 16.0. The lowest BCUT2D eigenvalue weighted by atomic mass is 9.93. The van der Waals surface area contributed by atoms with Crippen LogP contribution in [-0.4, -0.2) is 73.2 Å². The number of thiazole rings is 1. The van der Waals surface area contributed by atoms with Crippen LogP contribution in [0.3, 0.4) is 0 Å². The van der Waals surface area contributed by atoms with Gasteiger partial charge in [-0.1, -0.05) is 0 Å². The van der Waals surface area contributed by atoms with Crippen molar-refractivity contribution >= 4 is 17.2 Å². The van der Waals surface area contributed by atoms with Crippen molar-refractivity contribution in [3.05, 3.63) is 16.6 Å². The molecule has 2 saturated heterocycles. The second-order valence-electron chi connectivity index (χ2n) is 7.11. The molecule has 0 unspecified atom stereocenters. The predicted octanol–water partition coefficient (Wildman–Crippen LogP) is 1.58. The molecule has 0 saturated carbocycles. The highest BCUT2D eigenvalue weighted by Crippen LogP contribution is 2.24. The van der Waals surface area contributed by atoms with Crippen LogP contribution in [-0.2, 0) is 16.1 Å². The molecule has 140 valence electrons. The van der Waals surface area contributed by atoms with Crippen molar-refractivity contribution in [1.82, 2.24) is 20.1 Å². The molecule has 0 radical (unpaired) electrons. The fraction of sp³-hybridized carbons (Fsp3) is 0.778. The Morgan fingerprint density at radius 3 is 2.92 bits per heavy atom. The molecule has 1 amide bonds. The van der Waals surface area contributed by atoms with E-state index >= 15 is 0 Å². The molecule has 3 heterocycles. The highest BCUT2D eigenvalue weighted by atomic mass is 32.1. The van der Waals surface area contributed by atoms with Gasteiger partial charge >= 0.3 is 0 Å². The van der Waals surface area contributed by atoms with Gasteiger partial charge in [0.2, 0.25) is 5.91 Å². The SMILES string of the molecule is COCCNC(=O)[C@H]1CCCN(C2CCN(Cc3cscn3)CC2)C1. The second-order valence-corrected chi connectivity index (χ2v) is 7.82. The molecular weight excluding hydrogens is 336 g/mol. The molecule has 2 fully saturated rings. The van der Waals surface area contributed by atoms with Gasteiger partial charge in [0.05, 0.1) is 23.7 Å². The van der Waals surface area contributed by atoms with Crippen molar-refractivity contribution < 1.29 is 9.53 Å². The first-order chi connectivity index (χ1) is 12.3. The Morgan fingerprint density at radius 1 is 1.36 bits per heavy atom. The molecule has 1 aromatic rings. The third-order valence-electron chi connectivity index (χ3n) is 5.37. The van der Waals surface area contributed by atoms with Crippen LogP contribution in [0.5, 0.6) is 0 Å². The predicted molar refractivity (Wildman–Crippen MR) is 99.6 cm³/mol. The van der Waals surface area contributed by atoms with E-state index in [2.05, 4.69) is 25.5 Å². The molecule has 1 atom stereocenters. The van der Waals surface area contributed by atoms with E-state index in [0.29, 0.717) is 19.2 Å². The first kappa shape index (κ1) is 18.8. The van der Waals surface area contributed by atoms with Crippen molar-refractivity contribution in [3.63, 3.8) is 0 Å². The molecule has 0 spiro atoms. The lowest BCUT2D eigenvalue weighted by Gasteiger charge is -2.42. The summed E-state index contributed by atoms with van der Waals surface area (Å²) in [5, 5.41) is 5.15.